The van der Waals surface area contributed by atoms with Gasteiger partial charge in [-0.05, 0) is 30.3 Å². The van der Waals surface area contributed by atoms with Gasteiger partial charge in [0.15, 0.2) is 5.69 Å². The quantitative estimate of drug-likeness (QED) is 0.855. The number of hydrogen-bond acceptors (Lipinski definition) is 3. The molecule has 110 valence electrons. The van der Waals surface area contributed by atoms with Crippen molar-refractivity contribution in [1.29, 1.82) is 0 Å². The Balaban J connectivity index is 2.29. The molecule has 0 atom stereocenters. The van der Waals surface area contributed by atoms with Gasteiger partial charge in [-0.1, -0.05) is 15.9 Å². The number of carbonyl (C=O) groups excluding carboxylic acids is 1. The summed E-state index contributed by atoms with van der Waals surface area (Å²) in [5.74, 6) is -1.16. The molecule has 0 spiro atoms. The van der Waals surface area contributed by atoms with Crippen molar-refractivity contribution in [2.45, 2.75) is 6.18 Å². The monoisotopic (exact) mass is 360 g/mol. The number of halogens is 4. The first-order valence-corrected chi connectivity index (χ1v) is 6.40. The molecule has 8 heteroatoms. The standard InChI is InChI=1S/C13H8BrF3N2O2/c14-9-4-3-7(6-8(9)13(15,16)17)19-12(21)11-10(20)2-1-5-18-11/h1-6,20H,(H,19,21). The van der Waals surface area contributed by atoms with Crippen LogP contribution < -0.4 is 5.32 Å². The lowest BCUT2D eigenvalue weighted by molar-refractivity contribution is -0.138. The van der Waals surface area contributed by atoms with Crippen LogP contribution in [0.3, 0.4) is 0 Å². The van der Waals surface area contributed by atoms with E-state index in [1.165, 1.54) is 30.5 Å². The Morgan fingerprint density at radius 3 is 2.62 bits per heavy atom. The van der Waals surface area contributed by atoms with Gasteiger partial charge in [0, 0.05) is 16.4 Å². The number of hydrogen-bond donors (Lipinski definition) is 2. The van der Waals surface area contributed by atoms with Gasteiger partial charge in [-0.25, -0.2) is 4.98 Å². The predicted molar refractivity (Wildman–Crippen MR) is 73.0 cm³/mol. The average Bonchev–Trinajstić information content (AvgIpc) is 2.40. The van der Waals surface area contributed by atoms with Crippen LogP contribution in [0.2, 0.25) is 0 Å². The Bertz CT molecular complexity index is 689. The van der Waals surface area contributed by atoms with Gasteiger partial charge in [0.1, 0.15) is 5.75 Å². The van der Waals surface area contributed by atoms with E-state index in [4.69, 9.17) is 0 Å². The van der Waals surface area contributed by atoms with E-state index in [1.54, 1.807) is 0 Å². The number of aromatic nitrogens is 1. The minimum Gasteiger partial charge on any atom is -0.505 e. The second-order valence-electron chi connectivity index (χ2n) is 4.02. The lowest BCUT2D eigenvalue weighted by Crippen LogP contribution is -2.15. The average molecular weight is 361 g/mol. The molecule has 1 heterocycles. The van der Waals surface area contributed by atoms with Crippen molar-refractivity contribution < 1.29 is 23.1 Å². The molecular formula is C13H8BrF3N2O2. The van der Waals surface area contributed by atoms with E-state index < -0.39 is 17.6 Å². The van der Waals surface area contributed by atoms with Gasteiger partial charge in [0.05, 0.1) is 5.56 Å². The maximum Gasteiger partial charge on any atom is 0.417 e. The van der Waals surface area contributed by atoms with Gasteiger partial charge in [-0.15, -0.1) is 0 Å². The van der Waals surface area contributed by atoms with E-state index in [0.29, 0.717) is 0 Å². The van der Waals surface area contributed by atoms with Crippen molar-refractivity contribution in [3.05, 3.63) is 52.3 Å². The largest absolute Gasteiger partial charge is 0.505 e. The van der Waals surface area contributed by atoms with Gasteiger partial charge < -0.3 is 10.4 Å². The number of pyridine rings is 1. The highest BCUT2D eigenvalue weighted by atomic mass is 79.9. The molecule has 1 aromatic carbocycles. The molecule has 0 bridgehead atoms. The number of rotatable bonds is 2. The molecule has 0 saturated heterocycles. The molecule has 0 saturated carbocycles. The molecule has 0 aliphatic carbocycles. The van der Waals surface area contributed by atoms with Gasteiger partial charge in [0.25, 0.3) is 5.91 Å². The topological polar surface area (TPSA) is 62.2 Å². The molecule has 21 heavy (non-hydrogen) atoms. The van der Waals surface area contributed by atoms with Crippen LogP contribution in [0.4, 0.5) is 18.9 Å². The van der Waals surface area contributed by atoms with Crippen LogP contribution >= 0.6 is 15.9 Å². The number of amides is 1. The Morgan fingerprint density at radius 1 is 1.29 bits per heavy atom. The summed E-state index contributed by atoms with van der Waals surface area (Å²) in [4.78, 5) is 15.5. The summed E-state index contributed by atoms with van der Waals surface area (Å²) in [7, 11) is 0. The van der Waals surface area contributed by atoms with E-state index in [0.717, 1.165) is 6.07 Å². The van der Waals surface area contributed by atoms with E-state index in [1.807, 2.05) is 0 Å². The summed E-state index contributed by atoms with van der Waals surface area (Å²) in [6.07, 6.45) is -3.26. The summed E-state index contributed by atoms with van der Waals surface area (Å²) < 4.78 is 38.1. The van der Waals surface area contributed by atoms with Crippen molar-refractivity contribution in [3.8, 4) is 5.75 Å². The second-order valence-corrected chi connectivity index (χ2v) is 4.87. The molecule has 0 fully saturated rings. The molecule has 4 nitrogen and oxygen atoms in total. The van der Waals surface area contributed by atoms with Gasteiger partial charge >= 0.3 is 6.18 Å². The first-order chi connectivity index (χ1) is 9.79. The van der Waals surface area contributed by atoms with Crippen molar-refractivity contribution in [2.75, 3.05) is 5.32 Å². The zero-order valence-electron chi connectivity index (χ0n) is 10.3. The number of nitrogens with zero attached hydrogens (tertiary/aromatic N) is 1. The smallest absolute Gasteiger partial charge is 0.417 e. The van der Waals surface area contributed by atoms with Crippen molar-refractivity contribution in [1.82, 2.24) is 4.98 Å². The van der Waals surface area contributed by atoms with E-state index in [-0.39, 0.29) is 21.6 Å². The number of benzene rings is 1. The molecule has 2 N–H and O–H groups in total. The highest BCUT2D eigenvalue weighted by Crippen LogP contribution is 2.36. The zero-order chi connectivity index (χ0) is 15.6. The lowest BCUT2D eigenvalue weighted by atomic mass is 10.2. The van der Waals surface area contributed by atoms with Crippen LogP contribution in [0, 0.1) is 0 Å². The summed E-state index contributed by atoms with van der Waals surface area (Å²) in [5, 5.41) is 11.7. The molecular weight excluding hydrogens is 353 g/mol. The van der Waals surface area contributed by atoms with Crippen LogP contribution in [-0.2, 0) is 6.18 Å². The molecule has 1 amide bonds. The number of anilines is 1. The Morgan fingerprint density at radius 2 is 2.00 bits per heavy atom. The maximum atomic E-state index is 12.8. The van der Waals surface area contributed by atoms with Gasteiger partial charge in [-0.3, -0.25) is 4.79 Å². The van der Waals surface area contributed by atoms with Crippen molar-refractivity contribution in [2.24, 2.45) is 0 Å². The highest BCUT2D eigenvalue weighted by Gasteiger charge is 2.33. The first kappa shape index (κ1) is 15.3. The van der Waals surface area contributed by atoms with Crippen LogP contribution in [-0.4, -0.2) is 16.0 Å². The number of nitrogens with one attached hydrogen (secondary N) is 1. The van der Waals surface area contributed by atoms with E-state index >= 15 is 0 Å². The van der Waals surface area contributed by atoms with Crippen molar-refractivity contribution >= 4 is 27.5 Å². The summed E-state index contributed by atoms with van der Waals surface area (Å²) in [6, 6.07) is 5.95. The Kier molecular flexibility index (Phi) is 4.17. The highest BCUT2D eigenvalue weighted by molar-refractivity contribution is 9.10. The molecule has 2 aromatic rings. The first-order valence-electron chi connectivity index (χ1n) is 5.61. The van der Waals surface area contributed by atoms with Crippen LogP contribution in [0.5, 0.6) is 5.75 Å². The lowest BCUT2D eigenvalue weighted by Gasteiger charge is -2.12. The Labute approximate surface area is 125 Å². The number of carbonyl (C=O) groups is 1. The predicted octanol–water partition coefficient (Wildman–Crippen LogP) is 3.82. The SMILES string of the molecule is O=C(Nc1ccc(Br)c(C(F)(F)F)c1)c1ncccc1O. The third-order valence-electron chi connectivity index (χ3n) is 2.53. The van der Waals surface area contributed by atoms with Crippen LogP contribution in [0.15, 0.2) is 41.0 Å². The molecule has 0 aliphatic rings. The maximum absolute atomic E-state index is 12.8. The fraction of sp³-hybridized carbons (Fsp3) is 0.0769. The Hall–Kier alpha value is -2.09. The number of alkyl halides is 3. The van der Waals surface area contributed by atoms with E-state index in [2.05, 4.69) is 26.2 Å². The second kappa shape index (κ2) is 5.72. The summed E-state index contributed by atoms with van der Waals surface area (Å²) in [5.41, 5.74) is -1.24. The number of aromatic hydroxyl groups is 1. The molecule has 2 rings (SSSR count). The van der Waals surface area contributed by atoms with Gasteiger partial charge in [0.2, 0.25) is 0 Å². The zero-order valence-corrected chi connectivity index (χ0v) is 11.9. The minimum absolute atomic E-state index is 0.0550. The molecule has 0 radical (unpaired) electrons. The fourth-order valence-corrected chi connectivity index (χ4v) is 2.05. The third kappa shape index (κ3) is 3.52. The third-order valence-corrected chi connectivity index (χ3v) is 3.22. The normalized spacial score (nSPS) is 11.2. The minimum atomic E-state index is -4.55. The fourth-order valence-electron chi connectivity index (χ4n) is 1.58. The van der Waals surface area contributed by atoms with Crippen molar-refractivity contribution in [3.63, 3.8) is 0 Å². The summed E-state index contributed by atoms with van der Waals surface area (Å²) >= 11 is 2.80. The van der Waals surface area contributed by atoms with E-state index in [9.17, 15) is 23.1 Å². The molecule has 0 aliphatic heterocycles. The van der Waals surface area contributed by atoms with Crippen LogP contribution in [0.25, 0.3) is 0 Å². The van der Waals surface area contributed by atoms with Crippen LogP contribution in [0.1, 0.15) is 16.1 Å². The molecule has 0 unspecified atom stereocenters. The van der Waals surface area contributed by atoms with Gasteiger partial charge in [-0.2, -0.15) is 13.2 Å². The molecule has 1 aromatic heterocycles. The summed E-state index contributed by atoms with van der Waals surface area (Å²) in [6.45, 7) is 0.